The van der Waals surface area contributed by atoms with Crippen molar-refractivity contribution >= 4 is 34.1 Å². The molecule has 0 amide bonds. The van der Waals surface area contributed by atoms with E-state index in [1.54, 1.807) is 0 Å². The van der Waals surface area contributed by atoms with Crippen LogP contribution in [0.5, 0.6) is 0 Å². The number of nitrogens with zero attached hydrogens (tertiary/aromatic N) is 7. The van der Waals surface area contributed by atoms with Crippen LogP contribution in [0.1, 0.15) is 122 Å². The SMILES string of the molecule is Cc1c(C)c(C)c2c(c1C)Cc1c(C)c(C)c(C)c(C)c1N2c1ccc(C#N)cc1-c1nc(-c2ccccc2)nc(-c2cc(-c3ccccc3C#N)ccc2N2c3c(C)c(C)c(C)c(C)c3Cc3c(C)c(C)c(C)c(C)c32)n1. The van der Waals surface area contributed by atoms with Crippen LogP contribution < -0.4 is 9.80 Å². The van der Waals surface area contributed by atoms with E-state index in [1.807, 2.05) is 66.7 Å². The van der Waals surface area contributed by atoms with Gasteiger partial charge >= 0.3 is 0 Å². The summed E-state index contributed by atoms with van der Waals surface area (Å²) in [6.45, 7) is 36.2. The Hall–Kier alpha value is -8.65. The Labute approximate surface area is 461 Å². The molecule has 0 N–H and O–H groups in total. The van der Waals surface area contributed by atoms with Crippen LogP contribution in [0, 0.1) is 133 Å². The Kier molecular flexibility index (Phi) is 12.6. The van der Waals surface area contributed by atoms with Gasteiger partial charge in [0, 0.05) is 29.5 Å². The summed E-state index contributed by atoms with van der Waals surface area (Å²) in [7, 11) is 0. The first-order chi connectivity index (χ1) is 37.3. The molecule has 8 aromatic carbocycles. The van der Waals surface area contributed by atoms with Gasteiger partial charge in [-0.15, -0.1) is 0 Å². The predicted octanol–water partition coefficient (Wildman–Crippen LogP) is 18.0. The van der Waals surface area contributed by atoms with E-state index in [-0.39, 0.29) is 0 Å². The highest BCUT2D eigenvalue weighted by Gasteiger charge is 2.37. The van der Waals surface area contributed by atoms with Gasteiger partial charge in [0.15, 0.2) is 17.5 Å². The highest BCUT2D eigenvalue weighted by Crippen LogP contribution is 2.56. The van der Waals surface area contributed by atoms with Gasteiger partial charge in [0.2, 0.25) is 0 Å². The van der Waals surface area contributed by atoms with E-state index in [9.17, 15) is 10.5 Å². The van der Waals surface area contributed by atoms with Crippen LogP contribution in [-0.2, 0) is 12.8 Å². The topological polar surface area (TPSA) is 92.7 Å². The number of hydrogen-bond donors (Lipinski definition) is 0. The van der Waals surface area contributed by atoms with E-state index < -0.39 is 0 Å². The lowest BCUT2D eigenvalue weighted by molar-refractivity contribution is 0.992. The Bertz CT molecular complexity index is 4040. The summed E-state index contributed by atoms with van der Waals surface area (Å²) in [5, 5.41) is 21.4. The number of nitriles is 2. The maximum absolute atomic E-state index is 10.8. The summed E-state index contributed by atoms with van der Waals surface area (Å²) >= 11 is 0. The summed E-state index contributed by atoms with van der Waals surface area (Å²) in [5.41, 5.74) is 37.2. The fraction of sp³-hybridized carbons (Fsp3) is 0.254. The maximum atomic E-state index is 10.8. The van der Waals surface area contributed by atoms with Crippen molar-refractivity contribution in [3.63, 3.8) is 0 Å². The van der Waals surface area contributed by atoms with Gasteiger partial charge in [-0.1, -0.05) is 54.6 Å². The van der Waals surface area contributed by atoms with Gasteiger partial charge in [-0.25, -0.2) is 15.0 Å². The van der Waals surface area contributed by atoms with Crippen molar-refractivity contribution in [3.05, 3.63) is 213 Å². The van der Waals surface area contributed by atoms with E-state index in [0.717, 1.165) is 52.0 Å². The van der Waals surface area contributed by atoms with Crippen molar-refractivity contribution in [2.45, 2.75) is 124 Å². The third-order valence-corrected chi connectivity index (χ3v) is 18.8. The molecule has 386 valence electrons. The molecule has 0 radical (unpaired) electrons. The molecule has 0 fully saturated rings. The first-order valence-corrected chi connectivity index (χ1v) is 27.3. The molecule has 7 heteroatoms. The van der Waals surface area contributed by atoms with E-state index in [2.05, 4.69) is 157 Å². The van der Waals surface area contributed by atoms with Gasteiger partial charge in [0.1, 0.15) is 0 Å². The average Bonchev–Trinajstić information content (AvgIpc) is 3.21. The molecule has 7 nitrogen and oxygen atoms in total. The molecule has 0 saturated heterocycles. The molecular formula is C71H67N7. The lowest BCUT2D eigenvalue weighted by Gasteiger charge is -2.40. The second-order valence-corrected chi connectivity index (χ2v) is 22.2. The van der Waals surface area contributed by atoms with Crippen LogP contribution in [0.2, 0.25) is 0 Å². The fourth-order valence-corrected chi connectivity index (χ4v) is 12.8. The van der Waals surface area contributed by atoms with E-state index in [1.165, 1.54) is 134 Å². The molecule has 0 unspecified atom stereocenters. The minimum Gasteiger partial charge on any atom is -0.309 e. The molecule has 0 aliphatic carbocycles. The smallest absolute Gasteiger partial charge is 0.166 e. The summed E-state index contributed by atoms with van der Waals surface area (Å²) in [6.07, 6.45) is 1.63. The summed E-state index contributed by atoms with van der Waals surface area (Å²) in [5.74, 6) is 1.42. The number of aromatic nitrogens is 3. The second-order valence-electron chi connectivity index (χ2n) is 22.2. The van der Waals surface area contributed by atoms with Gasteiger partial charge in [0.25, 0.3) is 0 Å². The average molecular weight is 1020 g/mol. The zero-order chi connectivity index (χ0) is 55.5. The predicted molar refractivity (Wildman–Crippen MR) is 322 cm³/mol. The Morgan fingerprint density at radius 3 is 1.13 bits per heavy atom. The molecule has 0 spiro atoms. The van der Waals surface area contributed by atoms with E-state index in [0.29, 0.717) is 28.6 Å². The summed E-state index contributed by atoms with van der Waals surface area (Å²) < 4.78 is 0. The van der Waals surface area contributed by atoms with Crippen molar-refractivity contribution in [1.29, 1.82) is 10.5 Å². The molecule has 78 heavy (non-hydrogen) atoms. The molecule has 0 saturated carbocycles. The van der Waals surface area contributed by atoms with Gasteiger partial charge in [-0.2, -0.15) is 10.5 Å². The van der Waals surface area contributed by atoms with Crippen LogP contribution in [0.3, 0.4) is 0 Å². The highest BCUT2D eigenvalue weighted by atomic mass is 15.2. The first-order valence-electron chi connectivity index (χ1n) is 27.3. The zero-order valence-corrected chi connectivity index (χ0v) is 48.2. The Morgan fingerprint density at radius 1 is 0.333 bits per heavy atom. The minimum atomic E-state index is 0.446. The zero-order valence-electron chi connectivity index (χ0n) is 48.2. The monoisotopic (exact) mass is 1020 g/mol. The van der Waals surface area contributed by atoms with Crippen molar-refractivity contribution < 1.29 is 0 Å². The number of benzene rings is 8. The molecule has 9 aromatic rings. The Balaban J connectivity index is 1.28. The van der Waals surface area contributed by atoms with Gasteiger partial charge < -0.3 is 9.80 Å². The van der Waals surface area contributed by atoms with Crippen LogP contribution in [0.15, 0.2) is 91.0 Å². The van der Waals surface area contributed by atoms with Gasteiger partial charge in [-0.05, 0) is 270 Å². The first kappa shape index (κ1) is 51.5. The molecule has 2 aliphatic heterocycles. The standard InChI is InChI=1S/C71H67N7/c1-36-40(5)48(13)65-57(44(36)9)32-58-45(10)37(2)41(6)49(14)66(58)77(65)63-28-26-52(34-72)30-61(63)70-74-69(53-22-18-17-19-23-53)75-71(76-70)62-31-54(56-25-21-20-24-55(56)35-73)27-29-64(62)78-67-50(15)42(7)38(3)46(11)59(67)33-60-47(12)39(4)43(8)51(16)68(60)78/h17-31H,32-33H2,1-16H3. The molecule has 0 atom stereocenters. The normalized spacial score (nSPS) is 12.4. The third-order valence-electron chi connectivity index (χ3n) is 18.8. The van der Waals surface area contributed by atoms with Crippen molar-refractivity contribution in [2.75, 3.05) is 9.80 Å². The number of anilines is 6. The van der Waals surface area contributed by atoms with Crippen LogP contribution in [0.4, 0.5) is 34.1 Å². The highest BCUT2D eigenvalue weighted by molar-refractivity contribution is 5.98. The van der Waals surface area contributed by atoms with E-state index >= 15 is 0 Å². The molecule has 0 bridgehead atoms. The number of rotatable bonds is 6. The third kappa shape index (κ3) is 7.69. The van der Waals surface area contributed by atoms with Crippen LogP contribution in [0.25, 0.3) is 45.3 Å². The van der Waals surface area contributed by atoms with Gasteiger partial charge in [-0.3, -0.25) is 0 Å². The van der Waals surface area contributed by atoms with E-state index in [4.69, 9.17) is 15.0 Å². The largest absolute Gasteiger partial charge is 0.309 e. The minimum absolute atomic E-state index is 0.446. The molecule has 3 heterocycles. The second kappa shape index (κ2) is 19.1. The number of hydrogen-bond acceptors (Lipinski definition) is 7. The van der Waals surface area contributed by atoms with Crippen molar-refractivity contribution in [1.82, 2.24) is 15.0 Å². The molecular weight excluding hydrogens is 951 g/mol. The Morgan fingerprint density at radius 2 is 0.705 bits per heavy atom. The number of fused-ring (bicyclic) bond motifs is 4. The van der Waals surface area contributed by atoms with Crippen LogP contribution >= 0.6 is 0 Å². The maximum Gasteiger partial charge on any atom is 0.166 e. The van der Waals surface area contributed by atoms with Crippen molar-refractivity contribution in [3.8, 4) is 57.4 Å². The lowest BCUT2D eigenvalue weighted by Crippen LogP contribution is -2.25. The quantitative estimate of drug-likeness (QED) is 0.164. The molecule has 1 aromatic heterocycles. The van der Waals surface area contributed by atoms with Crippen molar-refractivity contribution in [2.24, 2.45) is 0 Å². The fourth-order valence-electron chi connectivity index (χ4n) is 12.8. The summed E-state index contributed by atoms with van der Waals surface area (Å²) in [6, 6.07) is 35.5. The lowest BCUT2D eigenvalue weighted by atomic mass is 9.80. The van der Waals surface area contributed by atoms with Crippen LogP contribution in [-0.4, -0.2) is 15.0 Å². The molecule has 2 aliphatic rings. The molecule has 11 rings (SSSR count). The van der Waals surface area contributed by atoms with Gasteiger partial charge in [0.05, 0.1) is 57.4 Å². The summed E-state index contributed by atoms with van der Waals surface area (Å²) in [4.78, 5) is 21.7.